The first kappa shape index (κ1) is 17.6. The number of carbonyl (C=O) groups excluding carboxylic acids is 2. The monoisotopic (exact) mass is 378 g/mol. The molecule has 0 radical (unpaired) electrons. The number of benzene rings is 1. The summed E-state index contributed by atoms with van der Waals surface area (Å²) in [5.41, 5.74) is 1.77. The van der Waals surface area contributed by atoms with E-state index >= 15 is 0 Å². The van der Waals surface area contributed by atoms with Gasteiger partial charge in [-0.2, -0.15) is 0 Å². The summed E-state index contributed by atoms with van der Waals surface area (Å²) < 4.78 is 0. The highest BCUT2D eigenvalue weighted by Crippen LogP contribution is 2.41. The lowest BCUT2D eigenvalue weighted by atomic mass is 9.77. The van der Waals surface area contributed by atoms with E-state index in [1.165, 1.54) is 19.3 Å². The standard InChI is InChI=1S/C22H26N4O2/c27-20(17-5-6-18-19(13-17)24-10-9-23-18)26-12-8-22(15-26)7-2-11-25(21(22)28)14-16-3-1-4-16/h5-6,9-10,13,16H,1-4,7-8,11-12,14-15H2/t22-/m0/s1. The van der Waals surface area contributed by atoms with Gasteiger partial charge in [0.15, 0.2) is 0 Å². The summed E-state index contributed by atoms with van der Waals surface area (Å²) >= 11 is 0. The molecule has 2 aliphatic heterocycles. The van der Waals surface area contributed by atoms with Crippen molar-refractivity contribution in [1.29, 1.82) is 0 Å². The molecule has 0 N–H and O–H groups in total. The Morgan fingerprint density at radius 2 is 1.89 bits per heavy atom. The molecule has 1 aromatic heterocycles. The van der Waals surface area contributed by atoms with Crippen molar-refractivity contribution in [2.45, 2.75) is 38.5 Å². The molecule has 1 spiro atoms. The van der Waals surface area contributed by atoms with Gasteiger partial charge in [0.1, 0.15) is 0 Å². The molecule has 3 heterocycles. The molecule has 146 valence electrons. The minimum absolute atomic E-state index is 0.00616. The zero-order valence-electron chi connectivity index (χ0n) is 16.1. The van der Waals surface area contributed by atoms with E-state index in [-0.39, 0.29) is 17.2 Å². The molecule has 6 nitrogen and oxygen atoms in total. The van der Waals surface area contributed by atoms with Crippen molar-refractivity contribution in [1.82, 2.24) is 19.8 Å². The van der Waals surface area contributed by atoms with Crippen molar-refractivity contribution < 1.29 is 9.59 Å². The average molecular weight is 378 g/mol. The second kappa shape index (κ2) is 6.83. The van der Waals surface area contributed by atoms with Crippen molar-refractivity contribution >= 4 is 22.8 Å². The Kier molecular flexibility index (Phi) is 4.29. The molecule has 5 rings (SSSR count). The highest BCUT2D eigenvalue weighted by atomic mass is 16.2. The third kappa shape index (κ3) is 2.95. The Hall–Kier alpha value is -2.50. The van der Waals surface area contributed by atoms with Crippen LogP contribution in [0.2, 0.25) is 0 Å². The fourth-order valence-electron chi connectivity index (χ4n) is 5.02. The Balaban J connectivity index is 1.32. The van der Waals surface area contributed by atoms with Crippen LogP contribution in [0, 0.1) is 11.3 Å². The fraction of sp³-hybridized carbons (Fsp3) is 0.545. The summed E-state index contributed by atoms with van der Waals surface area (Å²) in [6.45, 7) is 3.00. The Morgan fingerprint density at radius 1 is 1.07 bits per heavy atom. The Bertz CT molecular complexity index is 926. The van der Waals surface area contributed by atoms with Gasteiger partial charge in [0.2, 0.25) is 5.91 Å². The van der Waals surface area contributed by atoms with Gasteiger partial charge in [-0.1, -0.05) is 6.42 Å². The maximum atomic E-state index is 13.3. The minimum atomic E-state index is -0.367. The van der Waals surface area contributed by atoms with E-state index in [0.29, 0.717) is 24.6 Å². The number of amides is 2. The summed E-state index contributed by atoms with van der Waals surface area (Å²) in [5.74, 6) is 0.968. The highest BCUT2D eigenvalue weighted by Gasteiger charge is 2.49. The van der Waals surface area contributed by atoms with Gasteiger partial charge in [-0.05, 0) is 56.2 Å². The predicted molar refractivity (Wildman–Crippen MR) is 106 cm³/mol. The lowest BCUT2D eigenvalue weighted by Crippen LogP contribution is -2.52. The number of hydrogen-bond acceptors (Lipinski definition) is 4. The maximum Gasteiger partial charge on any atom is 0.253 e. The van der Waals surface area contributed by atoms with E-state index in [2.05, 4.69) is 14.9 Å². The molecule has 1 atom stereocenters. The van der Waals surface area contributed by atoms with Crippen LogP contribution in [0.4, 0.5) is 0 Å². The molecule has 1 saturated carbocycles. The Morgan fingerprint density at radius 3 is 2.68 bits per heavy atom. The third-order valence-corrected chi connectivity index (χ3v) is 6.88. The van der Waals surface area contributed by atoms with Gasteiger partial charge in [-0.3, -0.25) is 19.6 Å². The van der Waals surface area contributed by atoms with Crippen LogP contribution in [-0.4, -0.2) is 57.8 Å². The summed E-state index contributed by atoms with van der Waals surface area (Å²) in [7, 11) is 0. The first-order valence-electron chi connectivity index (χ1n) is 10.4. The van der Waals surface area contributed by atoms with E-state index in [1.807, 2.05) is 17.0 Å². The van der Waals surface area contributed by atoms with Gasteiger partial charge in [0, 0.05) is 44.1 Å². The largest absolute Gasteiger partial charge is 0.342 e. The van der Waals surface area contributed by atoms with E-state index < -0.39 is 0 Å². The third-order valence-electron chi connectivity index (χ3n) is 6.88. The molecule has 2 amide bonds. The second-order valence-corrected chi connectivity index (χ2v) is 8.67. The van der Waals surface area contributed by atoms with Gasteiger partial charge in [-0.25, -0.2) is 0 Å². The van der Waals surface area contributed by atoms with Crippen molar-refractivity contribution in [2.75, 3.05) is 26.2 Å². The zero-order chi connectivity index (χ0) is 19.1. The topological polar surface area (TPSA) is 66.4 Å². The smallest absolute Gasteiger partial charge is 0.253 e. The number of carbonyl (C=O) groups is 2. The summed E-state index contributed by atoms with van der Waals surface area (Å²) in [6.07, 6.45) is 9.84. The number of piperidine rings is 1. The number of hydrogen-bond donors (Lipinski definition) is 0. The maximum absolute atomic E-state index is 13.3. The molecule has 0 bridgehead atoms. The van der Waals surface area contributed by atoms with Gasteiger partial charge < -0.3 is 9.80 Å². The normalized spacial score (nSPS) is 25.5. The van der Waals surface area contributed by atoms with Gasteiger partial charge in [-0.15, -0.1) is 0 Å². The molecular formula is C22H26N4O2. The molecule has 1 aromatic carbocycles. The van der Waals surface area contributed by atoms with Crippen molar-refractivity contribution in [3.8, 4) is 0 Å². The van der Waals surface area contributed by atoms with Crippen LogP contribution in [0.15, 0.2) is 30.6 Å². The minimum Gasteiger partial charge on any atom is -0.342 e. The van der Waals surface area contributed by atoms with Crippen molar-refractivity contribution in [3.63, 3.8) is 0 Å². The van der Waals surface area contributed by atoms with Crippen LogP contribution in [0.3, 0.4) is 0 Å². The predicted octanol–water partition coefficient (Wildman–Crippen LogP) is 2.88. The Labute approximate surface area is 164 Å². The SMILES string of the molecule is O=C(c1ccc2nccnc2c1)N1CC[C@@]2(CCCN(CC3CCC3)C2=O)C1. The van der Waals surface area contributed by atoms with Crippen molar-refractivity contribution in [3.05, 3.63) is 36.2 Å². The second-order valence-electron chi connectivity index (χ2n) is 8.67. The molecule has 3 aliphatic rings. The van der Waals surface area contributed by atoms with E-state index in [0.717, 1.165) is 43.4 Å². The van der Waals surface area contributed by atoms with Crippen LogP contribution >= 0.6 is 0 Å². The first-order valence-corrected chi connectivity index (χ1v) is 10.4. The molecule has 0 unspecified atom stereocenters. The number of rotatable bonds is 3. The van der Waals surface area contributed by atoms with Crippen LogP contribution in [-0.2, 0) is 4.79 Å². The molecule has 2 aromatic rings. The lowest BCUT2D eigenvalue weighted by Gasteiger charge is -2.42. The number of likely N-dealkylation sites (tertiary alicyclic amines) is 2. The average Bonchev–Trinajstić information content (AvgIpc) is 3.12. The van der Waals surface area contributed by atoms with Crippen LogP contribution in [0.1, 0.15) is 48.9 Å². The van der Waals surface area contributed by atoms with E-state index in [9.17, 15) is 9.59 Å². The highest BCUT2D eigenvalue weighted by molar-refractivity contribution is 5.98. The van der Waals surface area contributed by atoms with E-state index in [1.54, 1.807) is 18.5 Å². The lowest BCUT2D eigenvalue weighted by molar-refractivity contribution is -0.146. The molecule has 3 fully saturated rings. The summed E-state index contributed by atoms with van der Waals surface area (Å²) in [5, 5.41) is 0. The van der Waals surface area contributed by atoms with Crippen molar-refractivity contribution in [2.24, 2.45) is 11.3 Å². The van der Waals surface area contributed by atoms with E-state index in [4.69, 9.17) is 0 Å². The van der Waals surface area contributed by atoms with Gasteiger partial charge >= 0.3 is 0 Å². The van der Waals surface area contributed by atoms with Crippen LogP contribution < -0.4 is 0 Å². The zero-order valence-corrected chi connectivity index (χ0v) is 16.1. The van der Waals surface area contributed by atoms with Crippen LogP contribution in [0.5, 0.6) is 0 Å². The van der Waals surface area contributed by atoms with Gasteiger partial charge in [0.25, 0.3) is 5.91 Å². The molecule has 6 heteroatoms. The number of nitrogens with zero attached hydrogens (tertiary/aromatic N) is 4. The summed E-state index contributed by atoms with van der Waals surface area (Å²) in [6, 6.07) is 5.46. The first-order chi connectivity index (χ1) is 13.6. The number of aromatic nitrogens is 2. The molecule has 2 saturated heterocycles. The fourth-order valence-corrected chi connectivity index (χ4v) is 5.02. The molecular weight excluding hydrogens is 352 g/mol. The van der Waals surface area contributed by atoms with Gasteiger partial charge in [0.05, 0.1) is 16.4 Å². The number of fused-ring (bicyclic) bond motifs is 1. The quantitative estimate of drug-likeness (QED) is 0.824. The van der Waals surface area contributed by atoms with Crippen LogP contribution in [0.25, 0.3) is 11.0 Å². The molecule has 28 heavy (non-hydrogen) atoms. The summed E-state index contributed by atoms with van der Waals surface area (Å²) in [4.78, 5) is 38.9. The molecule has 1 aliphatic carbocycles.